The first-order chi connectivity index (χ1) is 9.65. The normalized spacial score (nSPS) is 10.8. The van der Waals surface area contributed by atoms with Crippen molar-refractivity contribution in [1.82, 2.24) is 10.2 Å². The number of likely N-dealkylation sites (N-methyl/N-ethyl adjacent to an activating group) is 1. The summed E-state index contributed by atoms with van der Waals surface area (Å²) in [5.41, 5.74) is 7.64. The summed E-state index contributed by atoms with van der Waals surface area (Å²) in [4.78, 5) is 13.9. The van der Waals surface area contributed by atoms with E-state index in [0.717, 1.165) is 30.8 Å². The molecule has 0 saturated heterocycles. The van der Waals surface area contributed by atoms with Gasteiger partial charge in [0, 0.05) is 32.5 Å². The van der Waals surface area contributed by atoms with Crippen LogP contribution < -0.4 is 11.1 Å². The zero-order valence-electron chi connectivity index (χ0n) is 12.4. The molecule has 0 aliphatic rings. The predicted octanol–water partition coefficient (Wildman–Crippen LogP) is 1.24. The number of methoxy groups -OCH3 is 1. The molecule has 5 heteroatoms. The number of nitrogens with zero attached hydrogens (tertiary/aromatic N) is 1. The maximum absolute atomic E-state index is 11.8. The van der Waals surface area contributed by atoms with Crippen LogP contribution in [0.2, 0.25) is 0 Å². The quantitative estimate of drug-likeness (QED) is 0.527. The van der Waals surface area contributed by atoms with Crippen LogP contribution in [0, 0.1) is 0 Å². The molecular weight excluding hydrogens is 254 g/mol. The van der Waals surface area contributed by atoms with Crippen molar-refractivity contribution in [3.63, 3.8) is 0 Å². The largest absolute Gasteiger partial charge is 0.399 e. The number of ether oxygens (including phenoxy) is 1. The van der Waals surface area contributed by atoms with Gasteiger partial charge in [-0.25, -0.2) is 0 Å². The highest BCUT2D eigenvalue weighted by atomic mass is 16.5. The minimum atomic E-state index is 0.0480. The lowest BCUT2D eigenvalue weighted by Gasteiger charge is -2.20. The molecule has 0 aromatic heterocycles. The molecule has 5 nitrogen and oxygen atoms in total. The van der Waals surface area contributed by atoms with Gasteiger partial charge in [-0.2, -0.15) is 0 Å². The SMILES string of the molecule is CCN(CC(=O)NCCCOC)Cc1cccc(N)c1. The smallest absolute Gasteiger partial charge is 0.234 e. The maximum Gasteiger partial charge on any atom is 0.234 e. The lowest BCUT2D eigenvalue weighted by atomic mass is 10.2. The highest BCUT2D eigenvalue weighted by molar-refractivity contribution is 5.77. The summed E-state index contributed by atoms with van der Waals surface area (Å²) in [7, 11) is 1.66. The van der Waals surface area contributed by atoms with Crippen LogP contribution in [0.1, 0.15) is 18.9 Å². The number of hydrogen-bond acceptors (Lipinski definition) is 4. The summed E-state index contributed by atoms with van der Waals surface area (Å²) in [5.74, 6) is 0.0480. The summed E-state index contributed by atoms with van der Waals surface area (Å²) >= 11 is 0. The van der Waals surface area contributed by atoms with E-state index in [9.17, 15) is 4.79 Å². The molecule has 0 aliphatic carbocycles. The number of nitrogens with one attached hydrogen (secondary N) is 1. The third-order valence-electron chi connectivity index (χ3n) is 3.02. The molecule has 112 valence electrons. The molecule has 1 aromatic carbocycles. The van der Waals surface area contributed by atoms with Gasteiger partial charge in [-0.15, -0.1) is 0 Å². The maximum atomic E-state index is 11.8. The molecular formula is C15H25N3O2. The Bertz CT molecular complexity index is 410. The van der Waals surface area contributed by atoms with Gasteiger partial charge >= 0.3 is 0 Å². The van der Waals surface area contributed by atoms with Crippen LogP contribution in [0.3, 0.4) is 0 Å². The summed E-state index contributed by atoms with van der Waals surface area (Å²) in [6.07, 6.45) is 0.837. The molecule has 1 aromatic rings. The van der Waals surface area contributed by atoms with Crippen LogP contribution in [0.15, 0.2) is 24.3 Å². The van der Waals surface area contributed by atoms with Crippen LogP contribution in [0.25, 0.3) is 0 Å². The molecule has 1 amide bonds. The molecule has 0 spiro atoms. The monoisotopic (exact) mass is 279 g/mol. The minimum absolute atomic E-state index is 0.0480. The van der Waals surface area contributed by atoms with Gasteiger partial charge in [0.15, 0.2) is 0 Å². The summed E-state index contributed by atoms with van der Waals surface area (Å²) in [6, 6.07) is 7.76. The van der Waals surface area contributed by atoms with E-state index in [0.29, 0.717) is 19.7 Å². The first kappa shape index (κ1) is 16.5. The van der Waals surface area contributed by atoms with Gasteiger partial charge in [0.25, 0.3) is 0 Å². The molecule has 0 heterocycles. The van der Waals surface area contributed by atoms with Crippen molar-refractivity contribution in [1.29, 1.82) is 0 Å². The fraction of sp³-hybridized carbons (Fsp3) is 0.533. The molecule has 0 fully saturated rings. The second-order valence-corrected chi connectivity index (χ2v) is 4.74. The van der Waals surface area contributed by atoms with Gasteiger partial charge in [0.05, 0.1) is 6.54 Å². The van der Waals surface area contributed by atoms with Gasteiger partial charge in [-0.05, 0) is 30.7 Å². The lowest BCUT2D eigenvalue weighted by molar-refractivity contribution is -0.122. The number of hydrogen-bond donors (Lipinski definition) is 2. The Labute approximate surface area is 121 Å². The Morgan fingerprint density at radius 2 is 2.25 bits per heavy atom. The Morgan fingerprint density at radius 1 is 1.45 bits per heavy atom. The molecule has 0 radical (unpaired) electrons. The van der Waals surface area contributed by atoms with Gasteiger partial charge in [-0.1, -0.05) is 19.1 Å². The van der Waals surface area contributed by atoms with Crippen LogP contribution in [0.5, 0.6) is 0 Å². The highest BCUT2D eigenvalue weighted by Gasteiger charge is 2.09. The number of benzene rings is 1. The van der Waals surface area contributed by atoms with E-state index in [-0.39, 0.29) is 5.91 Å². The molecule has 0 unspecified atom stereocenters. The first-order valence-electron chi connectivity index (χ1n) is 6.98. The van der Waals surface area contributed by atoms with Crippen molar-refractivity contribution in [3.05, 3.63) is 29.8 Å². The summed E-state index contributed by atoms with van der Waals surface area (Å²) in [5, 5.41) is 2.89. The molecule has 0 aliphatic heterocycles. The Balaban J connectivity index is 2.37. The highest BCUT2D eigenvalue weighted by Crippen LogP contribution is 2.09. The standard InChI is InChI=1S/C15H25N3O2/c1-3-18(11-13-6-4-7-14(16)10-13)12-15(19)17-8-5-9-20-2/h4,6-7,10H,3,5,8-9,11-12,16H2,1-2H3,(H,17,19). The van der Waals surface area contributed by atoms with Gasteiger partial charge in [-0.3, -0.25) is 9.69 Å². The van der Waals surface area contributed by atoms with Gasteiger partial charge in [0.2, 0.25) is 5.91 Å². The van der Waals surface area contributed by atoms with E-state index in [1.54, 1.807) is 7.11 Å². The minimum Gasteiger partial charge on any atom is -0.399 e. The Kier molecular flexibility index (Phi) is 7.69. The van der Waals surface area contributed by atoms with E-state index < -0.39 is 0 Å². The number of carbonyl (C=O) groups excluding carboxylic acids is 1. The van der Waals surface area contributed by atoms with Gasteiger partial charge in [0.1, 0.15) is 0 Å². The molecule has 0 bridgehead atoms. The molecule has 0 saturated carbocycles. The van der Waals surface area contributed by atoms with E-state index in [1.165, 1.54) is 0 Å². The molecule has 0 atom stereocenters. The number of anilines is 1. The lowest BCUT2D eigenvalue weighted by Crippen LogP contribution is -2.37. The Hall–Kier alpha value is -1.59. The first-order valence-corrected chi connectivity index (χ1v) is 6.98. The third kappa shape index (κ3) is 6.54. The molecule has 20 heavy (non-hydrogen) atoms. The average Bonchev–Trinajstić information content (AvgIpc) is 2.43. The van der Waals surface area contributed by atoms with Crippen LogP contribution in [-0.4, -0.2) is 44.2 Å². The fourth-order valence-electron chi connectivity index (χ4n) is 1.93. The second kappa shape index (κ2) is 9.34. The van der Waals surface area contributed by atoms with Crippen molar-refractivity contribution in [2.24, 2.45) is 0 Å². The van der Waals surface area contributed by atoms with Gasteiger partial charge < -0.3 is 15.8 Å². The number of nitrogens with two attached hydrogens (primary N) is 1. The fourth-order valence-corrected chi connectivity index (χ4v) is 1.93. The number of rotatable bonds is 9. The summed E-state index contributed by atoms with van der Waals surface area (Å²) < 4.78 is 4.94. The van der Waals surface area contributed by atoms with Crippen molar-refractivity contribution in [2.75, 3.05) is 39.1 Å². The molecule has 1 rings (SSSR count). The summed E-state index contributed by atoms with van der Waals surface area (Å²) in [6.45, 7) is 5.32. The van der Waals surface area contributed by atoms with Crippen molar-refractivity contribution < 1.29 is 9.53 Å². The van der Waals surface area contributed by atoms with Crippen LogP contribution in [-0.2, 0) is 16.1 Å². The van der Waals surface area contributed by atoms with E-state index >= 15 is 0 Å². The number of nitrogen functional groups attached to an aromatic ring is 1. The van der Waals surface area contributed by atoms with Crippen LogP contribution in [0.4, 0.5) is 5.69 Å². The zero-order chi connectivity index (χ0) is 14.8. The van der Waals surface area contributed by atoms with Crippen LogP contribution >= 0.6 is 0 Å². The van der Waals surface area contributed by atoms with E-state index in [1.807, 2.05) is 31.2 Å². The number of carbonyl (C=O) groups is 1. The molecule has 3 N–H and O–H groups in total. The predicted molar refractivity (Wildman–Crippen MR) is 81.3 cm³/mol. The topological polar surface area (TPSA) is 67.6 Å². The zero-order valence-corrected chi connectivity index (χ0v) is 12.4. The number of amides is 1. The van der Waals surface area contributed by atoms with E-state index in [2.05, 4.69) is 10.2 Å². The second-order valence-electron chi connectivity index (χ2n) is 4.74. The third-order valence-corrected chi connectivity index (χ3v) is 3.02. The Morgan fingerprint density at radius 3 is 2.90 bits per heavy atom. The van der Waals surface area contributed by atoms with Crippen molar-refractivity contribution in [2.45, 2.75) is 19.9 Å². The van der Waals surface area contributed by atoms with Crippen molar-refractivity contribution >= 4 is 11.6 Å². The van der Waals surface area contributed by atoms with Crippen molar-refractivity contribution in [3.8, 4) is 0 Å². The van der Waals surface area contributed by atoms with E-state index in [4.69, 9.17) is 10.5 Å². The average molecular weight is 279 g/mol.